The molecule has 2 aromatic carbocycles. The lowest BCUT2D eigenvalue weighted by Gasteiger charge is -2.03. The van der Waals surface area contributed by atoms with Crippen LogP contribution in [0.2, 0.25) is 0 Å². The van der Waals surface area contributed by atoms with E-state index in [0.717, 1.165) is 30.8 Å². The summed E-state index contributed by atoms with van der Waals surface area (Å²) >= 11 is 6.71. The number of nitrogens with one attached hydrogen (secondary N) is 1. The number of hydrogen-bond acceptors (Lipinski definition) is 2. The van der Waals surface area contributed by atoms with Gasteiger partial charge >= 0.3 is 0 Å². The fourth-order valence-corrected chi connectivity index (χ4v) is 3.21. The molecule has 4 nitrogen and oxygen atoms in total. The first-order valence-electron chi connectivity index (χ1n) is 7.47. The lowest BCUT2D eigenvalue weighted by atomic mass is 10.2. The summed E-state index contributed by atoms with van der Waals surface area (Å²) in [6.45, 7) is 0. The molecule has 4 aromatic rings. The zero-order valence-corrected chi connectivity index (χ0v) is 16.5. The van der Waals surface area contributed by atoms with Crippen LogP contribution in [0.15, 0.2) is 79.5 Å². The van der Waals surface area contributed by atoms with Crippen LogP contribution in [-0.4, -0.2) is 9.55 Å². The zero-order valence-electron chi connectivity index (χ0n) is 13.3. The fourth-order valence-electron chi connectivity index (χ4n) is 2.50. The van der Waals surface area contributed by atoms with Crippen LogP contribution in [0.25, 0.3) is 21.8 Å². The maximum absolute atomic E-state index is 11.4. The van der Waals surface area contributed by atoms with Crippen LogP contribution in [0.5, 0.6) is 0 Å². The van der Waals surface area contributed by atoms with Gasteiger partial charge in [0.2, 0.25) is 0 Å². The molecular formula is C19H14Br2N2O2. The van der Waals surface area contributed by atoms with Gasteiger partial charge in [-0.15, -0.1) is 0 Å². The van der Waals surface area contributed by atoms with E-state index in [-0.39, 0.29) is 10.9 Å². The van der Waals surface area contributed by atoms with Gasteiger partial charge in [-0.2, -0.15) is 0 Å². The van der Waals surface area contributed by atoms with Crippen molar-refractivity contribution in [1.29, 1.82) is 0 Å². The molecule has 0 unspecified atom stereocenters. The summed E-state index contributed by atoms with van der Waals surface area (Å²) in [5.41, 5.74) is 1.93. The monoisotopic (exact) mass is 460 g/mol. The first-order valence-corrected chi connectivity index (χ1v) is 9.06. The number of nitrogens with zero attached hydrogens (tertiary/aromatic N) is 1. The van der Waals surface area contributed by atoms with Crippen LogP contribution in [0.1, 0.15) is 0 Å². The highest BCUT2D eigenvalue weighted by Crippen LogP contribution is 2.16. The van der Waals surface area contributed by atoms with E-state index >= 15 is 0 Å². The first kappa shape index (κ1) is 17.6. The molecule has 6 heteroatoms. The Hall–Kier alpha value is -2.18. The van der Waals surface area contributed by atoms with Gasteiger partial charge in [0, 0.05) is 51.3 Å². The minimum Gasteiger partial charge on any atom is -0.361 e. The Kier molecular flexibility index (Phi) is 5.20. The molecular weight excluding hydrogens is 448 g/mol. The van der Waals surface area contributed by atoms with E-state index < -0.39 is 0 Å². The van der Waals surface area contributed by atoms with Crippen LogP contribution in [0.3, 0.4) is 0 Å². The highest BCUT2D eigenvalue weighted by molar-refractivity contribution is 9.10. The molecule has 0 amide bonds. The Morgan fingerprint density at radius 3 is 2.24 bits per heavy atom. The predicted octanol–water partition coefficient (Wildman–Crippen LogP) is 4.59. The molecule has 1 N–H and O–H groups in total. The fraction of sp³-hybridized carbons (Fsp3) is 0.0526. The molecule has 0 atom stereocenters. The summed E-state index contributed by atoms with van der Waals surface area (Å²) in [5, 5.41) is 1.48. The highest BCUT2D eigenvalue weighted by atomic mass is 79.9. The maximum Gasteiger partial charge on any atom is 0.189 e. The summed E-state index contributed by atoms with van der Waals surface area (Å²) < 4.78 is 3.89. The molecule has 2 aromatic heterocycles. The minimum atomic E-state index is 0.0521. The molecule has 0 bridgehead atoms. The van der Waals surface area contributed by atoms with Crippen LogP contribution in [0, 0.1) is 0 Å². The van der Waals surface area contributed by atoms with Gasteiger partial charge in [-0.25, -0.2) is 0 Å². The van der Waals surface area contributed by atoms with Gasteiger partial charge in [0.05, 0.1) is 11.0 Å². The number of halogens is 2. The van der Waals surface area contributed by atoms with Crippen LogP contribution < -0.4 is 10.9 Å². The van der Waals surface area contributed by atoms with Crippen LogP contribution in [-0.2, 0) is 7.05 Å². The third-order valence-corrected chi connectivity index (χ3v) is 4.76. The number of aromatic amines is 1. The van der Waals surface area contributed by atoms with Crippen LogP contribution >= 0.6 is 31.9 Å². The Balaban J connectivity index is 0.000000146. The van der Waals surface area contributed by atoms with Crippen molar-refractivity contribution in [3.63, 3.8) is 0 Å². The van der Waals surface area contributed by atoms with Gasteiger partial charge in [0.15, 0.2) is 10.9 Å². The second-order valence-corrected chi connectivity index (χ2v) is 7.32. The summed E-state index contributed by atoms with van der Waals surface area (Å²) in [4.78, 5) is 25.7. The van der Waals surface area contributed by atoms with Crippen LogP contribution in [0.4, 0.5) is 0 Å². The van der Waals surface area contributed by atoms with Crippen molar-refractivity contribution in [2.24, 2.45) is 7.05 Å². The van der Waals surface area contributed by atoms with Crippen molar-refractivity contribution in [3.8, 4) is 0 Å². The number of aromatic nitrogens is 2. The van der Waals surface area contributed by atoms with Gasteiger partial charge in [0.25, 0.3) is 0 Å². The third kappa shape index (κ3) is 3.91. The van der Waals surface area contributed by atoms with Crippen molar-refractivity contribution in [1.82, 2.24) is 9.55 Å². The van der Waals surface area contributed by atoms with E-state index in [9.17, 15) is 9.59 Å². The van der Waals surface area contributed by atoms with Crippen molar-refractivity contribution < 1.29 is 0 Å². The number of benzene rings is 2. The number of hydrogen-bond donors (Lipinski definition) is 1. The van der Waals surface area contributed by atoms with E-state index in [1.165, 1.54) is 6.07 Å². The topological polar surface area (TPSA) is 54.9 Å². The molecule has 0 spiro atoms. The summed E-state index contributed by atoms with van der Waals surface area (Å²) in [6.07, 6.45) is 3.42. The van der Waals surface area contributed by atoms with E-state index in [1.807, 2.05) is 41.9 Å². The average Bonchev–Trinajstić information content (AvgIpc) is 2.59. The predicted molar refractivity (Wildman–Crippen MR) is 109 cm³/mol. The van der Waals surface area contributed by atoms with Crippen molar-refractivity contribution in [2.45, 2.75) is 0 Å². The Morgan fingerprint density at radius 2 is 1.48 bits per heavy atom. The number of aryl methyl sites for hydroxylation is 1. The third-order valence-electron chi connectivity index (χ3n) is 3.78. The molecule has 0 saturated heterocycles. The normalized spacial score (nSPS) is 10.5. The van der Waals surface area contributed by atoms with E-state index in [1.54, 1.807) is 24.5 Å². The number of fused-ring (bicyclic) bond motifs is 2. The summed E-state index contributed by atoms with van der Waals surface area (Å²) in [5.74, 6) is 0. The molecule has 0 aliphatic heterocycles. The smallest absolute Gasteiger partial charge is 0.189 e. The second kappa shape index (κ2) is 7.37. The van der Waals surface area contributed by atoms with Crippen molar-refractivity contribution in [3.05, 3.63) is 90.3 Å². The van der Waals surface area contributed by atoms with E-state index in [2.05, 4.69) is 36.8 Å². The number of pyridine rings is 2. The summed E-state index contributed by atoms with van der Waals surface area (Å²) in [6, 6.07) is 14.3. The number of rotatable bonds is 0. The van der Waals surface area contributed by atoms with Crippen molar-refractivity contribution >= 4 is 53.7 Å². The maximum atomic E-state index is 11.4. The number of H-pyrrole nitrogens is 1. The molecule has 0 saturated carbocycles. The van der Waals surface area contributed by atoms with Gasteiger partial charge in [-0.1, -0.05) is 31.9 Å². The molecule has 0 aliphatic rings. The van der Waals surface area contributed by atoms with E-state index in [0.29, 0.717) is 0 Å². The van der Waals surface area contributed by atoms with E-state index in [4.69, 9.17) is 0 Å². The Morgan fingerprint density at radius 1 is 0.840 bits per heavy atom. The summed E-state index contributed by atoms with van der Waals surface area (Å²) in [7, 11) is 1.92. The van der Waals surface area contributed by atoms with Gasteiger partial charge in [0.1, 0.15) is 0 Å². The minimum absolute atomic E-state index is 0.0521. The molecule has 2 heterocycles. The molecule has 126 valence electrons. The average molecular weight is 462 g/mol. The second-order valence-electron chi connectivity index (χ2n) is 5.48. The quantitative estimate of drug-likeness (QED) is 0.416. The lowest BCUT2D eigenvalue weighted by Crippen LogP contribution is -2.04. The first-order chi connectivity index (χ1) is 12.0. The molecule has 25 heavy (non-hydrogen) atoms. The standard InChI is InChI=1S/C10H8BrNO.C9H6BrNO/c1-12-5-4-10(13)8-3-2-7(11)6-9(8)12;10-6-1-2-7-8(5-6)11-4-3-9(7)12/h2-6H,1H3;1-5H,(H,11,12). The van der Waals surface area contributed by atoms with Gasteiger partial charge in [-0.05, 0) is 36.4 Å². The van der Waals surface area contributed by atoms with Crippen molar-refractivity contribution in [2.75, 3.05) is 0 Å². The Labute approximate surface area is 160 Å². The Bertz CT molecular complexity index is 1180. The molecule has 0 radical (unpaired) electrons. The SMILES string of the molecule is Cn1ccc(=O)c2ccc(Br)cc21.O=c1cc[nH]c2cc(Br)ccc12. The lowest BCUT2D eigenvalue weighted by molar-refractivity contribution is 0.950. The highest BCUT2D eigenvalue weighted by Gasteiger charge is 2.00. The van der Waals surface area contributed by atoms with Gasteiger partial charge < -0.3 is 9.55 Å². The zero-order chi connectivity index (χ0) is 18.0. The molecule has 0 fully saturated rings. The molecule has 4 rings (SSSR count). The largest absolute Gasteiger partial charge is 0.361 e. The van der Waals surface area contributed by atoms with Gasteiger partial charge in [-0.3, -0.25) is 9.59 Å². The molecule has 0 aliphatic carbocycles.